The van der Waals surface area contributed by atoms with Gasteiger partial charge in [-0.1, -0.05) is 65.3 Å². The average molecular weight is 299 g/mol. The third-order valence-corrected chi connectivity index (χ3v) is 3.68. The molecule has 21 heavy (non-hydrogen) atoms. The highest BCUT2D eigenvalue weighted by atomic mass is 35.5. The van der Waals surface area contributed by atoms with Gasteiger partial charge in [-0.05, 0) is 18.1 Å². The number of alkyl halides is 1. The van der Waals surface area contributed by atoms with E-state index < -0.39 is 5.38 Å². The number of aryl methyl sites for hydroxylation is 1. The Morgan fingerprint density at radius 2 is 1.90 bits per heavy atom. The van der Waals surface area contributed by atoms with Gasteiger partial charge >= 0.3 is 0 Å². The SMILES string of the molecule is Cc1cccc(Cc2noc(C(Cl)c3ccccc3)n2)c1. The lowest BCUT2D eigenvalue weighted by molar-refractivity contribution is 0.377. The van der Waals surface area contributed by atoms with Crippen LogP contribution in [-0.4, -0.2) is 10.1 Å². The van der Waals surface area contributed by atoms with E-state index in [-0.39, 0.29) is 0 Å². The molecule has 0 bridgehead atoms. The molecule has 1 atom stereocenters. The molecular weight excluding hydrogens is 284 g/mol. The molecule has 0 radical (unpaired) electrons. The van der Waals surface area contributed by atoms with E-state index in [2.05, 4.69) is 35.3 Å². The minimum absolute atomic E-state index is 0.412. The maximum absolute atomic E-state index is 6.38. The summed E-state index contributed by atoms with van der Waals surface area (Å²) >= 11 is 6.38. The number of hydrogen-bond donors (Lipinski definition) is 0. The van der Waals surface area contributed by atoms with Crippen LogP contribution in [0, 0.1) is 6.92 Å². The summed E-state index contributed by atoms with van der Waals surface area (Å²) in [5, 5.41) is 3.61. The Labute approximate surface area is 128 Å². The van der Waals surface area contributed by atoms with E-state index in [1.807, 2.05) is 36.4 Å². The molecule has 4 heteroatoms. The highest BCUT2D eigenvalue weighted by Crippen LogP contribution is 2.27. The number of hydrogen-bond acceptors (Lipinski definition) is 3. The van der Waals surface area contributed by atoms with Crippen molar-refractivity contribution in [2.45, 2.75) is 18.7 Å². The van der Waals surface area contributed by atoms with Gasteiger partial charge in [0.15, 0.2) is 5.82 Å². The van der Waals surface area contributed by atoms with Crippen molar-refractivity contribution >= 4 is 11.6 Å². The summed E-state index contributed by atoms with van der Waals surface area (Å²) in [7, 11) is 0. The molecule has 0 N–H and O–H groups in total. The molecule has 0 spiro atoms. The van der Waals surface area contributed by atoms with Crippen molar-refractivity contribution in [2.24, 2.45) is 0 Å². The Bertz CT molecular complexity index is 724. The first-order valence-electron chi connectivity index (χ1n) is 6.79. The minimum Gasteiger partial charge on any atom is -0.337 e. The summed E-state index contributed by atoms with van der Waals surface area (Å²) in [6, 6.07) is 18.0. The number of rotatable bonds is 4. The van der Waals surface area contributed by atoms with Crippen LogP contribution in [0.25, 0.3) is 0 Å². The first kappa shape index (κ1) is 13.8. The van der Waals surface area contributed by atoms with E-state index >= 15 is 0 Å². The molecular formula is C17H15ClN2O. The number of halogens is 1. The van der Waals surface area contributed by atoms with Gasteiger partial charge in [-0.2, -0.15) is 4.98 Å². The quantitative estimate of drug-likeness (QED) is 0.674. The van der Waals surface area contributed by atoms with E-state index in [4.69, 9.17) is 16.1 Å². The normalized spacial score (nSPS) is 12.3. The molecule has 3 nitrogen and oxygen atoms in total. The molecule has 2 aromatic carbocycles. The van der Waals surface area contributed by atoms with Gasteiger partial charge in [0.05, 0.1) is 0 Å². The standard InChI is InChI=1S/C17H15ClN2O/c1-12-6-5-7-13(10-12)11-15-19-17(21-20-15)16(18)14-8-3-2-4-9-14/h2-10,16H,11H2,1H3. The molecule has 1 unspecified atom stereocenters. The fourth-order valence-corrected chi connectivity index (χ4v) is 2.45. The van der Waals surface area contributed by atoms with Gasteiger partial charge in [0.25, 0.3) is 0 Å². The Morgan fingerprint density at radius 1 is 1.10 bits per heavy atom. The monoisotopic (exact) mass is 298 g/mol. The second-order valence-electron chi connectivity index (χ2n) is 4.99. The molecule has 0 amide bonds. The van der Waals surface area contributed by atoms with Crippen molar-refractivity contribution < 1.29 is 4.52 Å². The lowest BCUT2D eigenvalue weighted by Gasteiger charge is -2.03. The number of benzene rings is 2. The lowest BCUT2D eigenvalue weighted by atomic mass is 10.1. The maximum atomic E-state index is 6.38. The predicted molar refractivity (Wildman–Crippen MR) is 82.4 cm³/mol. The van der Waals surface area contributed by atoms with E-state index in [0.29, 0.717) is 18.1 Å². The maximum Gasteiger partial charge on any atom is 0.249 e. The van der Waals surface area contributed by atoms with Crippen LogP contribution < -0.4 is 0 Å². The van der Waals surface area contributed by atoms with Crippen LogP contribution in [-0.2, 0) is 6.42 Å². The Hall–Kier alpha value is -2.13. The first-order chi connectivity index (χ1) is 10.2. The Balaban J connectivity index is 1.77. The van der Waals surface area contributed by atoms with Gasteiger partial charge < -0.3 is 4.52 Å². The van der Waals surface area contributed by atoms with Gasteiger partial charge in [-0.25, -0.2) is 0 Å². The van der Waals surface area contributed by atoms with Gasteiger partial charge in [-0.15, -0.1) is 11.6 Å². The number of aromatic nitrogens is 2. The predicted octanol–water partition coefficient (Wildman–Crippen LogP) is 4.30. The molecule has 0 saturated carbocycles. The molecule has 1 aromatic heterocycles. The third kappa shape index (κ3) is 3.31. The second kappa shape index (κ2) is 6.10. The van der Waals surface area contributed by atoms with E-state index in [1.54, 1.807) is 0 Å². The molecule has 0 aliphatic heterocycles. The Kier molecular flexibility index (Phi) is 4.02. The zero-order valence-electron chi connectivity index (χ0n) is 11.7. The van der Waals surface area contributed by atoms with Crippen molar-refractivity contribution in [3.63, 3.8) is 0 Å². The van der Waals surface area contributed by atoms with Gasteiger partial charge in [-0.3, -0.25) is 0 Å². The van der Waals surface area contributed by atoms with Gasteiger partial charge in [0.1, 0.15) is 5.38 Å². The summed E-state index contributed by atoms with van der Waals surface area (Å²) in [4.78, 5) is 4.40. The summed E-state index contributed by atoms with van der Waals surface area (Å²) < 4.78 is 5.29. The van der Waals surface area contributed by atoms with Crippen LogP contribution in [0.2, 0.25) is 0 Å². The van der Waals surface area contributed by atoms with Crippen molar-refractivity contribution in [3.8, 4) is 0 Å². The Morgan fingerprint density at radius 3 is 2.67 bits per heavy atom. The molecule has 0 fully saturated rings. The number of nitrogens with zero attached hydrogens (tertiary/aromatic N) is 2. The molecule has 1 heterocycles. The molecule has 106 valence electrons. The lowest BCUT2D eigenvalue weighted by Crippen LogP contribution is -1.95. The van der Waals surface area contributed by atoms with Crippen LogP contribution in [0.4, 0.5) is 0 Å². The molecule has 3 aromatic rings. The zero-order chi connectivity index (χ0) is 14.7. The summed E-state index contributed by atoms with van der Waals surface area (Å²) in [5.74, 6) is 1.09. The fraction of sp³-hybridized carbons (Fsp3) is 0.176. The third-order valence-electron chi connectivity index (χ3n) is 3.24. The molecule has 3 rings (SSSR count). The van der Waals surface area contributed by atoms with Crippen molar-refractivity contribution in [2.75, 3.05) is 0 Å². The van der Waals surface area contributed by atoms with Crippen molar-refractivity contribution in [1.29, 1.82) is 0 Å². The van der Waals surface area contributed by atoms with E-state index in [9.17, 15) is 0 Å². The largest absolute Gasteiger partial charge is 0.337 e. The summed E-state index contributed by atoms with van der Waals surface area (Å²) in [5.41, 5.74) is 3.33. The van der Waals surface area contributed by atoms with Crippen molar-refractivity contribution in [1.82, 2.24) is 10.1 Å². The van der Waals surface area contributed by atoms with Crippen LogP contribution in [0.1, 0.15) is 33.8 Å². The average Bonchev–Trinajstić information content (AvgIpc) is 2.96. The van der Waals surface area contributed by atoms with Gasteiger partial charge in [0.2, 0.25) is 5.89 Å². The van der Waals surface area contributed by atoms with Crippen LogP contribution >= 0.6 is 11.6 Å². The smallest absolute Gasteiger partial charge is 0.249 e. The van der Waals surface area contributed by atoms with Gasteiger partial charge in [0, 0.05) is 6.42 Å². The topological polar surface area (TPSA) is 38.9 Å². The van der Waals surface area contributed by atoms with E-state index in [0.717, 1.165) is 11.1 Å². The highest BCUT2D eigenvalue weighted by Gasteiger charge is 2.18. The minimum atomic E-state index is -0.412. The summed E-state index contributed by atoms with van der Waals surface area (Å²) in [6.07, 6.45) is 0.642. The molecule has 0 aliphatic rings. The van der Waals surface area contributed by atoms with Crippen LogP contribution in [0.5, 0.6) is 0 Å². The molecule has 0 saturated heterocycles. The highest BCUT2D eigenvalue weighted by molar-refractivity contribution is 6.22. The van der Waals surface area contributed by atoms with Crippen molar-refractivity contribution in [3.05, 3.63) is 83.0 Å². The zero-order valence-corrected chi connectivity index (χ0v) is 12.4. The van der Waals surface area contributed by atoms with Crippen LogP contribution in [0.3, 0.4) is 0 Å². The fourth-order valence-electron chi connectivity index (χ4n) is 2.21. The van der Waals surface area contributed by atoms with Crippen LogP contribution in [0.15, 0.2) is 59.1 Å². The molecule has 0 aliphatic carbocycles. The first-order valence-corrected chi connectivity index (χ1v) is 7.23. The summed E-state index contributed by atoms with van der Waals surface area (Å²) in [6.45, 7) is 2.06. The van der Waals surface area contributed by atoms with E-state index in [1.165, 1.54) is 5.56 Å². The second-order valence-corrected chi connectivity index (χ2v) is 5.42.